The maximum absolute atomic E-state index is 13.6. The highest BCUT2D eigenvalue weighted by Crippen LogP contribution is 2.31. The molecular weight excluding hydrogens is 436 g/mol. The smallest absolute Gasteiger partial charge is 0.338 e. The minimum atomic E-state index is -0.640. The van der Waals surface area contributed by atoms with Crippen molar-refractivity contribution in [2.45, 2.75) is 39.8 Å². The first-order valence-corrected chi connectivity index (χ1v) is 11.5. The molecule has 0 fully saturated rings. The van der Waals surface area contributed by atoms with Gasteiger partial charge in [-0.3, -0.25) is 9.36 Å². The zero-order valence-corrected chi connectivity index (χ0v) is 20.1. The van der Waals surface area contributed by atoms with Crippen molar-refractivity contribution in [2.75, 3.05) is 7.11 Å². The van der Waals surface area contributed by atoms with E-state index >= 15 is 0 Å². The molecule has 0 saturated heterocycles. The van der Waals surface area contributed by atoms with Gasteiger partial charge in [0.25, 0.3) is 5.56 Å². The first-order chi connectivity index (χ1) is 15.8. The lowest BCUT2D eigenvalue weighted by Crippen LogP contribution is -2.40. The fraction of sp³-hybridized carbons (Fsp3) is 0.269. The monoisotopic (exact) mass is 462 g/mol. The lowest BCUT2D eigenvalue weighted by atomic mass is 9.96. The SMILES string of the molecule is COc1ccc([C@H]2C(C(=O)OC(C)C)=C(C)N=c3s/c(=C\c4ccc(C)cc4)c(=O)n32)cc1. The lowest BCUT2D eigenvalue weighted by Gasteiger charge is -2.25. The van der Waals surface area contributed by atoms with Crippen LogP contribution in [0.25, 0.3) is 6.08 Å². The number of esters is 1. The molecule has 3 aromatic rings. The van der Waals surface area contributed by atoms with E-state index in [9.17, 15) is 9.59 Å². The Kier molecular flexibility index (Phi) is 6.33. The van der Waals surface area contributed by atoms with Crippen LogP contribution in [0.15, 0.2) is 69.6 Å². The number of rotatable bonds is 5. The number of thiazole rings is 1. The summed E-state index contributed by atoms with van der Waals surface area (Å²) in [5.74, 6) is 0.220. The number of methoxy groups -OCH3 is 1. The highest BCUT2D eigenvalue weighted by Gasteiger charge is 2.33. The molecule has 2 aromatic carbocycles. The maximum atomic E-state index is 13.6. The van der Waals surface area contributed by atoms with Crippen LogP contribution in [0.1, 0.15) is 43.5 Å². The van der Waals surface area contributed by atoms with E-state index < -0.39 is 12.0 Å². The molecule has 7 heteroatoms. The molecule has 1 aliphatic rings. The van der Waals surface area contributed by atoms with Crippen LogP contribution in [-0.2, 0) is 9.53 Å². The van der Waals surface area contributed by atoms with Gasteiger partial charge in [-0.15, -0.1) is 0 Å². The summed E-state index contributed by atoms with van der Waals surface area (Å²) in [5, 5.41) is 0. The first kappa shape index (κ1) is 22.7. The van der Waals surface area contributed by atoms with E-state index in [1.807, 2.05) is 61.5 Å². The summed E-state index contributed by atoms with van der Waals surface area (Å²) in [6, 6.07) is 14.7. The van der Waals surface area contributed by atoms with Crippen molar-refractivity contribution in [2.24, 2.45) is 4.99 Å². The second kappa shape index (κ2) is 9.19. The molecule has 0 N–H and O–H groups in total. The van der Waals surface area contributed by atoms with Gasteiger partial charge in [0.15, 0.2) is 4.80 Å². The summed E-state index contributed by atoms with van der Waals surface area (Å²) < 4.78 is 13.0. The van der Waals surface area contributed by atoms with Crippen LogP contribution in [0.2, 0.25) is 0 Å². The number of carbonyl (C=O) groups excluding carboxylic acids is 1. The molecular formula is C26H26N2O4S. The Balaban J connectivity index is 1.92. The summed E-state index contributed by atoms with van der Waals surface area (Å²) in [6.07, 6.45) is 1.57. The second-order valence-corrected chi connectivity index (χ2v) is 9.23. The Morgan fingerprint density at radius 2 is 1.76 bits per heavy atom. The van der Waals surface area contributed by atoms with E-state index in [-0.39, 0.29) is 11.7 Å². The summed E-state index contributed by atoms with van der Waals surface area (Å²) in [5.41, 5.74) is 3.58. The van der Waals surface area contributed by atoms with E-state index in [1.54, 1.807) is 32.4 Å². The van der Waals surface area contributed by atoms with E-state index in [4.69, 9.17) is 9.47 Å². The maximum Gasteiger partial charge on any atom is 0.338 e. The van der Waals surface area contributed by atoms with Crippen molar-refractivity contribution in [3.05, 3.63) is 96.2 Å². The van der Waals surface area contributed by atoms with Gasteiger partial charge in [0.1, 0.15) is 5.75 Å². The largest absolute Gasteiger partial charge is 0.497 e. The molecule has 1 aliphatic heterocycles. The molecule has 6 nitrogen and oxygen atoms in total. The topological polar surface area (TPSA) is 69.9 Å². The van der Waals surface area contributed by atoms with Gasteiger partial charge < -0.3 is 9.47 Å². The fourth-order valence-corrected chi connectivity index (χ4v) is 4.82. The predicted molar refractivity (Wildman–Crippen MR) is 129 cm³/mol. The average molecular weight is 463 g/mol. The Bertz CT molecular complexity index is 1390. The first-order valence-electron chi connectivity index (χ1n) is 10.7. The van der Waals surface area contributed by atoms with Crippen molar-refractivity contribution in [1.29, 1.82) is 0 Å². The zero-order chi connectivity index (χ0) is 23.7. The predicted octanol–water partition coefficient (Wildman–Crippen LogP) is 3.50. The Hall–Kier alpha value is -3.45. The minimum Gasteiger partial charge on any atom is -0.497 e. The van der Waals surface area contributed by atoms with Gasteiger partial charge in [-0.25, -0.2) is 9.79 Å². The van der Waals surface area contributed by atoms with Crippen molar-refractivity contribution in [3.8, 4) is 5.75 Å². The molecule has 0 bridgehead atoms. The number of nitrogens with zero attached hydrogens (tertiary/aromatic N) is 2. The molecule has 0 unspecified atom stereocenters. The van der Waals surface area contributed by atoms with Crippen molar-refractivity contribution < 1.29 is 14.3 Å². The molecule has 170 valence electrons. The summed E-state index contributed by atoms with van der Waals surface area (Å²) >= 11 is 1.32. The van der Waals surface area contributed by atoms with Crippen LogP contribution in [0.3, 0.4) is 0 Å². The molecule has 0 radical (unpaired) electrons. The fourth-order valence-electron chi connectivity index (χ4n) is 3.78. The van der Waals surface area contributed by atoms with Gasteiger partial charge in [-0.1, -0.05) is 53.3 Å². The highest BCUT2D eigenvalue weighted by molar-refractivity contribution is 7.07. The number of allylic oxidation sites excluding steroid dienone is 1. The van der Waals surface area contributed by atoms with Crippen molar-refractivity contribution >= 4 is 23.4 Å². The van der Waals surface area contributed by atoms with Crippen LogP contribution in [0.4, 0.5) is 0 Å². The van der Waals surface area contributed by atoms with E-state index in [1.165, 1.54) is 11.3 Å². The summed E-state index contributed by atoms with van der Waals surface area (Å²) in [7, 11) is 1.60. The minimum absolute atomic E-state index is 0.192. The Morgan fingerprint density at radius 3 is 2.36 bits per heavy atom. The van der Waals surface area contributed by atoms with Crippen LogP contribution in [-0.4, -0.2) is 23.8 Å². The molecule has 33 heavy (non-hydrogen) atoms. The lowest BCUT2D eigenvalue weighted by molar-refractivity contribution is -0.143. The van der Waals surface area contributed by atoms with Crippen molar-refractivity contribution in [3.63, 3.8) is 0 Å². The third-order valence-corrected chi connectivity index (χ3v) is 6.37. The number of hydrogen-bond donors (Lipinski definition) is 0. The third kappa shape index (κ3) is 4.54. The zero-order valence-electron chi connectivity index (χ0n) is 19.3. The number of ether oxygens (including phenoxy) is 2. The van der Waals surface area contributed by atoms with Gasteiger partial charge in [-0.2, -0.15) is 0 Å². The van der Waals surface area contributed by atoms with Crippen LogP contribution in [0, 0.1) is 6.92 Å². The average Bonchev–Trinajstić information content (AvgIpc) is 3.08. The van der Waals surface area contributed by atoms with E-state index in [2.05, 4.69) is 4.99 Å². The van der Waals surface area contributed by atoms with Gasteiger partial charge in [0, 0.05) is 0 Å². The third-order valence-electron chi connectivity index (χ3n) is 5.39. The normalized spacial score (nSPS) is 15.9. The summed E-state index contributed by atoms with van der Waals surface area (Å²) in [6.45, 7) is 7.40. The standard InChI is InChI=1S/C26H26N2O4S/c1-15(2)32-25(30)22-17(4)27-26-28(23(22)19-10-12-20(31-5)13-11-19)24(29)21(33-26)14-18-8-6-16(3)7-9-18/h6-15,23H,1-5H3/b21-14-/t23-/m0/s1. The van der Waals surface area contributed by atoms with Gasteiger partial charge in [0.2, 0.25) is 0 Å². The van der Waals surface area contributed by atoms with E-state index in [0.717, 1.165) is 16.7 Å². The van der Waals surface area contributed by atoms with Crippen LogP contribution in [0.5, 0.6) is 5.75 Å². The molecule has 0 aliphatic carbocycles. The molecule has 0 spiro atoms. The molecule has 2 heterocycles. The summed E-state index contributed by atoms with van der Waals surface area (Å²) in [4.78, 5) is 31.8. The number of carbonyl (C=O) groups is 1. The molecule has 1 aromatic heterocycles. The number of fused-ring (bicyclic) bond motifs is 1. The van der Waals surface area contributed by atoms with Crippen LogP contribution < -0.4 is 19.6 Å². The van der Waals surface area contributed by atoms with E-state index in [0.29, 0.717) is 26.4 Å². The Morgan fingerprint density at radius 1 is 1.09 bits per heavy atom. The molecule has 1 atom stereocenters. The molecule has 4 rings (SSSR count). The van der Waals surface area contributed by atoms with Crippen molar-refractivity contribution in [1.82, 2.24) is 4.57 Å². The second-order valence-electron chi connectivity index (χ2n) is 8.22. The highest BCUT2D eigenvalue weighted by atomic mass is 32.1. The quantitative estimate of drug-likeness (QED) is 0.544. The van der Waals surface area contributed by atoms with Gasteiger partial charge >= 0.3 is 5.97 Å². The van der Waals surface area contributed by atoms with Gasteiger partial charge in [-0.05, 0) is 57.0 Å². The molecule has 0 amide bonds. The number of benzene rings is 2. The molecule has 0 saturated carbocycles. The van der Waals surface area contributed by atoms with Crippen LogP contribution >= 0.6 is 11.3 Å². The van der Waals surface area contributed by atoms with Gasteiger partial charge in [0.05, 0.1) is 35.1 Å². The number of aryl methyl sites for hydroxylation is 1. The number of hydrogen-bond acceptors (Lipinski definition) is 6. The Labute approximate surface area is 196 Å². The number of aromatic nitrogens is 1.